The van der Waals surface area contributed by atoms with E-state index in [1.54, 1.807) is 4.31 Å². The van der Waals surface area contributed by atoms with E-state index in [1.807, 2.05) is 19.1 Å². The summed E-state index contributed by atoms with van der Waals surface area (Å²) in [6, 6.07) is 3.73. The highest BCUT2D eigenvalue weighted by Crippen LogP contribution is 2.23. The molecule has 1 aliphatic rings. The first-order valence-corrected chi connectivity index (χ1v) is 11.5. The normalized spacial score (nSPS) is 17.5. The Morgan fingerprint density at radius 1 is 1.15 bits per heavy atom. The molecule has 27 heavy (non-hydrogen) atoms. The predicted molar refractivity (Wildman–Crippen MR) is 107 cm³/mol. The van der Waals surface area contributed by atoms with Crippen molar-refractivity contribution < 1.29 is 17.6 Å². The SMILES string of the molecule is CCCCN(CCCC)S(=O)(=O)NC[C@@H](c1ccc(C)o1)N1CCOCC1. The molecule has 0 aliphatic carbocycles. The summed E-state index contributed by atoms with van der Waals surface area (Å²) >= 11 is 0. The summed E-state index contributed by atoms with van der Waals surface area (Å²) < 4.78 is 41.5. The fraction of sp³-hybridized carbons (Fsp3) is 0.789. The predicted octanol–water partition coefficient (Wildman–Crippen LogP) is 2.70. The molecule has 1 aromatic rings. The molecule has 0 amide bonds. The van der Waals surface area contributed by atoms with Gasteiger partial charge in [-0.25, -0.2) is 4.72 Å². The molecule has 0 spiro atoms. The molecule has 2 rings (SSSR count). The van der Waals surface area contributed by atoms with Crippen LogP contribution in [-0.4, -0.2) is 63.6 Å². The Kier molecular flexibility index (Phi) is 9.25. The van der Waals surface area contributed by atoms with Crippen LogP contribution in [-0.2, 0) is 14.9 Å². The Bertz CT molecular complexity index is 633. The maximum absolute atomic E-state index is 12.9. The third kappa shape index (κ3) is 6.87. The molecule has 1 aliphatic heterocycles. The molecule has 7 nitrogen and oxygen atoms in total. The lowest BCUT2D eigenvalue weighted by molar-refractivity contribution is 0.0126. The van der Waals surface area contributed by atoms with Crippen molar-refractivity contribution in [3.05, 3.63) is 23.7 Å². The maximum Gasteiger partial charge on any atom is 0.279 e. The molecular formula is C19H35N3O4S. The van der Waals surface area contributed by atoms with Crippen LogP contribution in [0.3, 0.4) is 0 Å². The quantitative estimate of drug-likeness (QED) is 0.583. The standard InChI is InChI=1S/C19H35N3O4S/c1-4-6-10-22(11-7-5-2)27(23,24)20-16-18(19-9-8-17(3)26-19)21-12-14-25-15-13-21/h8-9,18,20H,4-7,10-16H2,1-3H3/t18-/m0/s1. The summed E-state index contributed by atoms with van der Waals surface area (Å²) in [4.78, 5) is 2.23. The average Bonchev–Trinajstić information content (AvgIpc) is 3.08. The molecule has 2 heterocycles. The van der Waals surface area contributed by atoms with Crippen molar-refractivity contribution in [2.24, 2.45) is 0 Å². The molecule has 1 saturated heterocycles. The first-order chi connectivity index (χ1) is 13.0. The number of hydrogen-bond donors (Lipinski definition) is 1. The van der Waals surface area contributed by atoms with Gasteiger partial charge in [0, 0.05) is 32.7 Å². The second-order valence-corrected chi connectivity index (χ2v) is 8.83. The first-order valence-electron chi connectivity index (χ1n) is 10.1. The van der Waals surface area contributed by atoms with E-state index >= 15 is 0 Å². The highest BCUT2D eigenvalue weighted by Gasteiger charge is 2.28. The van der Waals surface area contributed by atoms with Crippen molar-refractivity contribution >= 4 is 10.2 Å². The number of unbranched alkanes of at least 4 members (excludes halogenated alkanes) is 2. The zero-order valence-corrected chi connectivity index (χ0v) is 17.8. The number of furan rings is 1. The topological polar surface area (TPSA) is 75.0 Å². The van der Waals surface area contributed by atoms with Gasteiger partial charge in [0.1, 0.15) is 11.5 Å². The lowest BCUT2D eigenvalue weighted by Gasteiger charge is -2.34. The van der Waals surface area contributed by atoms with Gasteiger partial charge < -0.3 is 9.15 Å². The largest absolute Gasteiger partial charge is 0.465 e. The third-order valence-corrected chi connectivity index (χ3v) is 6.47. The van der Waals surface area contributed by atoms with Crippen molar-refractivity contribution in [1.29, 1.82) is 0 Å². The van der Waals surface area contributed by atoms with Crippen molar-refractivity contribution in [3.8, 4) is 0 Å². The molecule has 156 valence electrons. The zero-order chi connectivity index (χ0) is 19.7. The smallest absolute Gasteiger partial charge is 0.279 e. The second kappa shape index (κ2) is 11.2. The number of ether oxygens (including phenoxy) is 1. The summed E-state index contributed by atoms with van der Waals surface area (Å²) in [5.74, 6) is 1.63. The molecule has 1 aromatic heterocycles. The van der Waals surface area contributed by atoms with Gasteiger partial charge in [-0.15, -0.1) is 0 Å². The van der Waals surface area contributed by atoms with Crippen LogP contribution in [0.15, 0.2) is 16.5 Å². The number of rotatable bonds is 12. The minimum absolute atomic E-state index is 0.128. The highest BCUT2D eigenvalue weighted by molar-refractivity contribution is 7.87. The molecular weight excluding hydrogens is 366 g/mol. The van der Waals surface area contributed by atoms with Crippen molar-refractivity contribution in [2.45, 2.75) is 52.5 Å². The van der Waals surface area contributed by atoms with Crippen LogP contribution in [0.4, 0.5) is 0 Å². The van der Waals surface area contributed by atoms with Gasteiger partial charge in [-0.1, -0.05) is 26.7 Å². The van der Waals surface area contributed by atoms with E-state index in [1.165, 1.54) is 0 Å². The molecule has 0 saturated carbocycles. The fourth-order valence-corrected chi connectivity index (χ4v) is 4.52. The van der Waals surface area contributed by atoms with Gasteiger partial charge in [0.05, 0.1) is 19.3 Å². The second-order valence-electron chi connectivity index (χ2n) is 7.07. The van der Waals surface area contributed by atoms with E-state index in [-0.39, 0.29) is 6.04 Å². The Labute approximate surface area is 164 Å². The molecule has 0 aromatic carbocycles. The molecule has 1 N–H and O–H groups in total. The van der Waals surface area contributed by atoms with Gasteiger partial charge in [-0.05, 0) is 31.9 Å². The number of aryl methyl sites for hydroxylation is 1. The Morgan fingerprint density at radius 3 is 2.30 bits per heavy atom. The molecule has 8 heteroatoms. The van der Waals surface area contributed by atoms with Gasteiger partial charge in [0.25, 0.3) is 10.2 Å². The van der Waals surface area contributed by atoms with Crippen LogP contribution in [0.1, 0.15) is 57.1 Å². The van der Waals surface area contributed by atoms with Gasteiger partial charge in [0.15, 0.2) is 0 Å². The summed E-state index contributed by atoms with van der Waals surface area (Å²) in [7, 11) is -3.52. The van der Waals surface area contributed by atoms with Crippen LogP contribution in [0.5, 0.6) is 0 Å². The van der Waals surface area contributed by atoms with E-state index in [0.717, 1.165) is 50.3 Å². The van der Waals surface area contributed by atoms with E-state index < -0.39 is 10.2 Å². The number of nitrogens with zero attached hydrogens (tertiary/aromatic N) is 2. The van der Waals surface area contributed by atoms with Crippen LogP contribution in [0.25, 0.3) is 0 Å². The molecule has 0 radical (unpaired) electrons. The van der Waals surface area contributed by atoms with E-state index in [9.17, 15) is 8.42 Å². The molecule has 0 bridgehead atoms. The first kappa shape index (κ1) is 22.4. The summed E-state index contributed by atoms with van der Waals surface area (Å²) in [5.41, 5.74) is 0. The lowest BCUT2D eigenvalue weighted by Crippen LogP contribution is -2.47. The summed E-state index contributed by atoms with van der Waals surface area (Å²) in [6.07, 6.45) is 3.68. The minimum Gasteiger partial charge on any atom is -0.465 e. The van der Waals surface area contributed by atoms with E-state index in [0.29, 0.717) is 32.8 Å². The van der Waals surface area contributed by atoms with Crippen LogP contribution in [0, 0.1) is 6.92 Å². The molecule has 1 atom stereocenters. The average molecular weight is 402 g/mol. The van der Waals surface area contributed by atoms with Gasteiger partial charge >= 0.3 is 0 Å². The third-order valence-electron chi connectivity index (χ3n) is 4.90. The summed E-state index contributed by atoms with van der Waals surface area (Å²) in [6.45, 7) is 10.3. The number of hydrogen-bond acceptors (Lipinski definition) is 5. The maximum atomic E-state index is 12.9. The van der Waals surface area contributed by atoms with Gasteiger partial charge in [0.2, 0.25) is 0 Å². The molecule has 0 unspecified atom stereocenters. The highest BCUT2D eigenvalue weighted by atomic mass is 32.2. The van der Waals surface area contributed by atoms with Crippen molar-refractivity contribution in [1.82, 2.24) is 13.9 Å². The van der Waals surface area contributed by atoms with E-state index in [4.69, 9.17) is 9.15 Å². The lowest BCUT2D eigenvalue weighted by atomic mass is 10.2. The Morgan fingerprint density at radius 2 is 1.78 bits per heavy atom. The molecule has 1 fully saturated rings. The van der Waals surface area contributed by atoms with Crippen LogP contribution in [0.2, 0.25) is 0 Å². The van der Waals surface area contributed by atoms with Crippen molar-refractivity contribution in [3.63, 3.8) is 0 Å². The number of nitrogens with one attached hydrogen (secondary N) is 1. The van der Waals surface area contributed by atoms with Crippen LogP contribution < -0.4 is 4.72 Å². The van der Waals surface area contributed by atoms with E-state index in [2.05, 4.69) is 23.5 Å². The minimum atomic E-state index is -3.52. The number of morpholine rings is 1. The summed E-state index contributed by atoms with van der Waals surface area (Å²) in [5, 5.41) is 0. The van der Waals surface area contributed by atoms with Gasteiger partial charge in [-0.2, -0.15) is 12.7 Å². The van der Waals surface area contributed by atoms with Crippen LogP contribution >= 0.6 is 0 Å². The van der Waals surface area contributed by atoms with Gasteiger partial charge in [-0.3, -0.25) is 4.90 Å². The zero-order valence-electron chi connectivity index (χ0n) is 16.9. The van der Waals surface area contributed by atoms with Crippen molar-refractivity contribution in [2.75, 3.05) is 45.9 Å². The fourth-order valence-electron chi connectivity index (χ4n) is 3.23. The Balaban J connectivity index is 2.08. The Hall–Kier alpha value is -0.930. The monoisotopic (exact) mass is 401 g/mol.